The Kier molecular flexibility index (Phi) is 6.50. The fourth-order valence-electron chi connectivity index (χ4n) is 2.25. The molecule has 2 atom stereocenters. The Balaban J connectivity index is 2.21. The minimum atomic E-state index is -0.842. The molecule has 0 fully saturated rings. The molecule has 0 bridgehead atoms. The number of carbonyl (C=O) groups is 1. The molecule has 0 radical (unpaired) electrons. The smallest absolute Gasteiger partial charge is 0.304 e. The van der Waals surface area contributed by atoms with E-state index in [9.17, 15) is 9.18 Å². The first-order chi connectivity index (χ1) is 8.97. The van der Waals surface area contributed by atoms with Gasteiger partial charge >= 0.3 is 5.97 Å². The van der Waals surface area contributed by atoms with Crippen molar-refractivity contribution < 1.29 is 14.3 Å². The molecule has 0 amide bonds. The van der Waals surface area contributed by atoms with Gasteiger partial charge in [-0.3, -0.25) is 4.79 Å². The van der Waals surface area contributed by atoms with Gasteiger partial charge in [0.25, 0.3) is 0 Å². The van der Waals surface area contributed by atoms with Gasteiger partial charge in [0.15, 0.2) is 0 Å². The maximum atomic E-state index is 12.7. The van der Waals surface area contributed by atoms with Gasteiger partial charge in [0.2, 0.25) is 0 Å². The van der Waals surface area contributed by atoms with Crippen molar-refractivity contribution in [1.82, 2.24) is 0 Å². The Morgan fingerprint density at radius 1 is 1.37 bits per heavy atom. The third-order valence-electron chi connectivity index (χ3n) is 3.22. The van der Waals surface area contributed by atoms with Crippen molar-refractivity contribution in [1.29, 1.82) is 0 Å². The Bertz CT molecular complexity index is 392. The number of carboxylic acids is 1. The van der Waals surface area contributed by atoms with Crippen LogP contribution in [0.2, 0.25) is 0 Å². The lowest BCUT2D eigenvalue weighted by atomic mass is 9.94. The van der Waals surface area contributed by atoms with E-state index in [0.29, 0.717) is 5.92 Å². The van der Waals surface area contributed by atoms with Crippen molar-refractivity contribution in [3.05, 3.63) is 35.6 Å². The van der Waals surface area contributed by atoms with Crippen molar-refractivity contribution in [2.24, 2.45) is 11.7 Å². The van der Waals surface area contributed by atoms with Crippen LogP contribution in [0.1, 0.15) is 38.2 Å². The average molecular weight is 267 g/mol. The van der Waals surface area contributed by atoms with Crippen LogP contribution in [0.25, 0.3) is 0 Å². The zero-order valence-electron chi connectivity index (χ0n) is 11.3. The Hall–Kier alpha value is -1.42. The van der Waals surface area contributed by atoms with E-state index >= 15 is 0 Å². The van der Waals surface area contributed by atoms with E-state index in [1.165, 1.54) is 12.1 Å². The summed E-state index contributed by atoms with van der Waals surface area (Å²) in [7, 11) is 0. The van der Waals surface area contributed by atoms with Gasteiger partial charge in [0, 0.05) is 6.04 Å². The molecular formula is C15H22FNO2. The lowest BCUT2D eigenvalue weighted by Gasteiger charge is -2.15. The van der Waals surface area contributed by atoms with Crippen molar-refractivity contribution >= 4 is 5.97 Å². The topological polar surface area (TPSA) is 63.3 Å². The number of benzene rings is 1. The zero-order valence-corrected chi connectivity index (χ0v) is 11.3. The summed E-state index contributed by atoms with van der Waals surface area (Å²) < 4.78 is 12.7. The van der Waals surface area contributed by atoms with Crippen molar-refractivity contribution in [3.63, 3.8) is 0 Å². The van der Waals surface area contributed by atoms with Gasteiger partial charge in [-0.1, -0.05) is 25.5 Å². The molecule has 106 valence electrons. The largest absolute Gasteiger partial charge is 0.481 e. The highest BCUT2D eigenvalue weighted by Crippen LogP contribution is 2.16. The van der Waals surface area contributed by atoms with Crippen molar-refractivity contribution in [2.45, 2.75) is 45.1 Å². The molecule has 0 aliphatic heterocycles. The van der Waals surface area contributed by atoms with Crippen LogP contribution in [-0.2, 0) is 11.2 Å². The predicted molar refractivity (Wildman–Crippen MR) is 73.3 cm³/mol. The number of halogens is 1. The molecule has 0 aliphatic carbocycles. The van der Waals surface area contributed by atoms with Gasteiger partial charge in [-0.2, -0.15) is 0 Å². The monoisotopic (exact) mass is 267 g/mol. The van der Waals surface area contributed by atoms with Crippen LogP contribution in [0.4, 0.5) is 4.39 Å². The summed E-state index contributed by atoms with van der Waals surface area (Å²) in [4.78, 5) is 10.5. The summed E-state index contributed by atoms with van der Waals surface area (Å²) in [5, 5.41) is 8.63. The zero-order chi connectivity index (χ0) is 14.3. The molecule has 1 aromatic carbocycles. The Morgan fingerprint density at radius 2 is 2.00 bits per heavy atom. The number of rotatable bonds is 8. The maximum Gasteiger partial charge on any atom is 0.304 e. The van der Waals surface area contributed by atoms with E-state index in [-0.39, 0.29) is 18.3 Å². The number of aryl methyl sites for hydroxylation is 1. The van der Waals surface area contributed by atoms with Gasteiger partial charge in [-0.15, -0.1) is 0 Å². The maximum absolute atomic E-state index is 12.7. The van der Waals surface area contributed by atoms with Crippen molar-refractivity contribution in [2.75, 3.05) is 0 Å². The van der Waals surface area contributed by atoms with Crippen LogP contribution < -0.4 is 5.73 Å². The highest BCUT2D eigenvalue weighted by atomic mass is 19.1. The first-order valence-corrected chi connectivity index (χ1v) is 6.69. The summed E-state index contributed by atoms with van der Waals surface area (Å²) in [6.07, 6.45) is 3.69. The van der Waals surface area contributed by atoms with Gasteiger partial charge < -0.3 is 10.8 Å². The van der Waals surface area contributed by atoms with Crippen LogP contribution in [0.5, 0.6) is 0 Å². The molecule has 0 heterocycles. The van der Waals surface area contributed by atoms with Crippen LogP contribution >= 0.6 is 0 Å². The number of carboxylic acid groups (broad SMARTS) is 1. The molecular weight excluding hydrogens is 245 g/mol. The molecule has 0 spiro atoms. The quantitative estimate of drug-likeness (QED) is 0.761. The predicted octanol–water partition coefficient (Wildman–Crippen LogP) is 2.98. The Labute approximate surface area is 113 Å². The Morgan fingerprint density at radius 3 is 2.58 bits per heavy atom. The number of nitrogens with two attached hydrogens (primary N) is 1. The third-order valence-corrected chi connectivity index (χ3v) is 3.22. The van der Waals surface area contributed by atoms with E-state index < -0.39 is 5.97 Å². The molecule has 3 nitrogen and oxygen atoms in total. The molecule has 0 saturated heterocycles. The average Bonchev–Trinajstić information content (AvgIpc) is 2.30. The minimum Gasteiger partial charge on any atom is -0.481 e. The molecule has 3 N–H and O–H groups in total. The number of hydrogen-bond donors (Lipinski definition) is 2. The van der Waals surface area contributed by atoms with Gasteiger partial charge in [0.05, 0.1) is 6.42 Å². The highest BCUT2D eigenvalue weighted by molar-refractivity contribution is 5.67. The molecule has 19 heavy (non-hydrogen) atoms. The lowest BCUT2D eigenvalue weighted by Crippen LogP contribution is -2.26. The van der Waals surface area contributed by atoms with Crippen LogP contribution in [0.3, 0.4) is 0 Å². The SMILES string of the molecule is C[C@@H](CCCc1ccc(F)cc1)CC(N)CC(=O)O. The fraction of sp³-hybridized carbons (Fsp3) is 0.533. The summed E-state index contributed by atoms with van der Waals surface area (Å²) in [6.45, 7) is 2.09. The number of hydrogen-bond acceptors (Lipinski definition) is 2. The van der Waals surface area contributed by atoms with Crippen molar-refractivity contribution in [3.8, 4) is 0 Å². The van der Waals surface area contributed by atoms with E-state index in [0.717, 1.165) is 31.2 Å². The van der Waals surface area contributed by atoms with Crippen LogP contribution in [0, 0.1) is 11.7 Å². The summed E-state index contributed by atoms with van der Waals surface area (Å²) in [5.74, 6) is -0.641. The summed E-state index contributed by atoms with van der Waals surface area (Å²) in [6, 6.07) is 6.29. The third kappa shape index (κ3) is 6.91. The van der Waals surface area contributed by atoms with E-state index in [2.05, 4.69) is 6.92 Å². The van der Waals surface area contributed by atoms with E-state index in [1.807, 2.05) is 0 Å². The first kappa shape index (κ1) is 15.6. The fourth-order valence-corrected chi connectivity index (χ4v) is 2.25. The minimum absolute atomic E-state index is 0.0301. The second-order valence-electron chi connectivity index (χ2n) is 5.22. The first-order valence-electron chi connectivity index (χ1n) is 6.69. The van der Waals surface area contributed by atoms with Gasteiger partial charge in [-0.05, 0) is 42.9 Å². The van der Waals surface area contributed by atoms with Gasteiger partial charge in [-0.25, -0.2) is 4.39 Å². The summed E-state index contributed by atoms with van der Waals surface area (Å²) >= 11 is 0. The molecule has 0 aliphatic rings. The molecule has 1 aromatic rings. The molecule has 1 unspecified atom stereocenters. The molecule has 0 saturated carbocycles. The molecule has 0 aromatic heterocycles. The standard InChI is InChI=1S/C15H22FNO2/c1-11(9-14(17)10-15(18)19)3-2-4-12-5-7-13(16)8-6-12/h5-8,11,14H,2-4,9-10,17H2,1H3,(H,18,19)/t11-,14?/m0/s1. The van der Waals surface area contributed by atoms with Crippen LogP contribution in [-0.4, -0.2) is 17.1 Å². The molecule has 1 rings (SSSR count). The molecule has 4 heteroatoms. The normalized spacial score (nSPS) is 14.1. The summed E-state index contributed by atoms with van der Waals surface area (Å²) in [5.41, 5.74) is 6.88. The lowest BCUT2D eigenvalue weighted by molar-refractivity contribution is -0.137. The second kappa shape index (κ2) is 7.89. The second-order valence-corrected chi connectivity index (χ2v) is 5.22. The van der Waals surface area contributed by atoms with E-state index in [4.69, 9.17) is 10.8 Å². The number of aliphatic carboxylic acids is 1. The highest BCUT2D eigenvalue weighted by Gasteiger charge is 2.12. The van der Waals surface area contributed by atoms with Crippen LogP contribution in [0.15, 0.2) is 24.3 Å². The van der Waals surface area contributed by atoms with Gasteiger partial charge in [0.1, 0.15) is 5.82 Å². The van der Waals surface area contributed by atoms with E-state index in [1.54, 1.807) is 12.1 Å².